The van der Waals surface area contributed by atoms with Gasteiger partial charge in [-0.15, -0.1) is 0 Å². The molecule has 0 aliphatic heterocycles. The first-order valence-corrected chi connectivity index (χ1v) is 9.60. The van der Waals surface area contributed by atoms with Crippen molar-refractivity contribution in [2.24, 2.45) is 0 Å². The summed E-state index contributed by atoms with van der Waals surface area (Å²) in [6.07, 6.45) is -1.04. The van der Waals surface area contributed by atoms with E-state index in [1.807, 2.05) is 38.1 Å². The van der Waals surface area contributed by atoms with E-state index in [0.717, 1.165) is 11.1 Å². The fourth-order valence-corrected chi connectivity index (χ4v) is 2.86. The lowest BCUT2D eigenvalue weighted by atomic mass is 9.98. The first-order valence-electron chi connectivity index (χ1n) is 9.60. The van der Waals surface area contributed by atoms with E-state index in [-0.39, 0.29) is 12.4 Å². The molecule has 0 saturated heterocycles. The summed E-state index contributed by atoms with van der Waals surface area (Å²) in [5.74, 6) is 0.283. The third kappa shape index (κ3) is 5.47. The molecule has 1 unspecified atom stereocenters. The summed E-state index contributed by atoms with van der Waals surface area (Å²) in [4.78, 5) is 25.5. The van der Waals surface area contributed by atoms with Gasteiger partial charge in [0.15, 0.2) is 12.7 Å². The summed E-state index contributed by atoms with van der Waals surface area (Å²) in [7, 11) is 1.57. The molecule has 0 aliphatic rings. The van der Waals surface area contributed by atoms with Crippen molar-refractivity contribution in [3.63, 3.8) is 0 Å². The molecule has 0 bridgehead atoms. The highest BCUT2D eigenvalue weighted by Crippen LogP contribution is 2.24. The van der Waals surface area contributed by atoms with E-state index in [1.165, 1.54) is 0 Å². The molecule has 1 atom stereocenters. The average Bonchev–Trinajstić information content (AvgIpc) is 2.77. The van der Waals surface area contributed by atoms with Crippen LogP contribution in [0.5, 0.6) is 11.5 Å². The number of carbonyl (C=O) groups is 2. The molecule has 0 spiro atoms. The molecular weight excluding hydrogens is 380 g/mol. The molecule has 3 aromatic rings. The van der Waals surface area contributed by atoms with Crippen LogP contribution in [0.15, 0.2) is 72.8 Å². The summed E-state index contributed by atoms with van der Waals surface area (Å²) in [5, 5.41) is 0. The maximum atomic E-state index is 13.1. The van der Waals surface area contributed by atoms with Crippen molar-refractivity contribution in [3.8, 4) is 11.5 Å². The Morgan fingerprint density at radius 2 is 1.30 bits per heavy atom. The van der Waals surface area contributed by atoms with Gasteiger partial charge in [0.1, 0.15) is 11.5 Å². The Bertz CT molecular complexity index is 989. The Hall–Kier alpha value is -3.60. The van der Waals surface area contributed by atoms with Gasteiger partial charge in [0.25, 0.3) is 0 Å². The maximum absolute atomic E-state index is 13.1. The third-order valence-corrected chi connectivity index (χ3v) is 4.62. The van der Waals surface area contributed by atoms with Crippen molar-refractivity contribution in [3.05, 3.63) is 95.1 Å². The Balaban J connectivity index is 1.74. The van der Waals surface area contributed by atoms with Crippen LogP contribution in [0.2, 0.25) is 0 Å². The molecule has 0 aliphatic carbocycles. The molecule has 0 saturated carbocycles. The zero-order valence-electron chi connectivity index (χ0n) is 17.3. The quantitative estimate of drug-likeness (QED) is 0.396. The van der Waals surface area contributed by atoms with Crippen molar-refractivity contribution in [2.45, 2.75) is 20.0 Å². The second-order valence-corrected chi connectivity index (χ2v) is 6.98. The van der Waals surface area contributed by atoms with Crippen LogP contribution in [0, 0.1) is 13.8 Å². The fraction of sp³-hybridized carbons (Fsp3) is 0.200. The molecule has 5 nitrogen and oxygen atoms in total. The van der Waals surface area contributed by atoms with Crippen LogP contribution in [0.25, 0.3) is 0 Å². The molecule has 3 aromatic carbocycles. The number of aryl methyl sites for hydroxylation is 2. The molecular formula is C25H24O5. The first kappa shape index (κ1) is 21.1. The van der Waals surface area contributed by atoms with Crippen molar-refractivity contribution >= 4 is 11.8 Å². The van der Waals surface area contributed by atoms with Crippen LogP contribution in [0.3, 0.4) is 0 Å². The third-order valence-electron chi connectivity index (χ3n) is 4.62. The van der Waals surface area contributed by atoms with Gasteiger partial charge in [-0.1, -0.05) is 59.7 Å². The molecule has 30 heavy (non-hydrogen) atoms. The molecule has 154 valence electrons. The van der Waals surface area contributed by atoms with Gasteiger partial charge in [-0.05, 0) is 38.1 Å². The highest BCUT2D eigenvalue weighted by Gasteiger charge is 2.26. The molecule has 5 heteroatoms. The number of ketones is 1. The Morgan fingerprint density at radius 1 is 0.767 bits per heavy atom. The minimum Gasteiger partial charge on any atom is -0.497 e. The zero-order valence-corrected chi connectivity index (χ0v) is 17.3. The summed E-state index contributed by atoms with van der Waals surface area (Å²) in [6.45, 7) is 3.59. The van der Waals surface area contributed by atoms with Gasteiger partial charge >= 0.3 is 5.97 Å². The number of esters is 1. The highest BCUT2D eigenvalue weighted by molar-refractivity contribution is 6.01. The minimum absolute atomic E-state index is 0.281. The largest absolute Gasteiger partial charge is 0.497 e. The van der Waals surface area contributed by atoms with Crippen LogP contribution in [-0.4, -0.2) is 25.5 Å². The predicted octanol–water partition coefficient (Wildman–Crippen LogP) is 4.86. The molecule has 0 radical (unpaired) electrons. The van der Waals surface area contributed by atoms with Gasteiger partial charge < -0.3 is 14.2 Å². The zero-order chi connectivity index (χ0) is 21.5. The smallest absolute Gasteiger partial charge is 0.345 e. The second-order valence-electron chi connectivity index (χ2n) is 6.98. The number of methoxy groups -OCH3 is 1. The number of Topliss-reactive ketones (excluding diaryl/α,β-unsaturated/α-hetero) is 1. The van der Waals surface area contributed by atoms with Gasteiger partial charge in [-0.25, -0.2) is 4.79 Å². The van der Waals surface area contributed by atoms with Gasteiger partial charge in [0.2, 0.25) is 5.78 Å². The predicted molar refractivity (Wildman–Crippen MR) is 114 cm³/mol. The molecule has 0 N–H and O–H groups in total. The second kappa shape index (κ2) is 9.74. The van der Waals surface area contributed by atoms with Crippen molar-refractivity contribution < 1.29 is 23.8 Å². The standard InChI is InChI=1S/C25H24O5/c1-17-4-8-19(9-5-17)24(27)25(20-10-6-18(2)7-11-20)30-23(26)16-29-22-14-12-21(28-3)13-15-22/h4-15,25H,16H2,1-3H3. The van der Waals surface area contributed by atoms with Gasteiger partial charge in [-0.2, -0.15) is 0 Å². The lowest BCUT2D eigenvalue weighted by Crippen LogP contribution is -2.23. The number of ether oxygens (including phenoxy) is 3. The number of hydrogen-bond donors (Lipinski definition) is 0. The SMILES string of the molecule is COc1ccc(OCC(=O)OC(C(=O)c2ccc(C)cc2)c2ccc(C)cc2)cc1. The number of benzene rings is 3. The highest BCUT2D eigenvalue weighted by atomic mass is 16.6. The van der Waals surface area contributed by atoms with Crippen LogP contribution in [0.1, 0.15) is 33.2 Å². The number of carbonyl (C=O) groups excluding carboxylic acids is 2. The average molecular weight is 404 g/mol. The van der Waals surface area contributed by atoms with Crippen molar-refractivity contribution in [1.29, 1.82) is 0 Å². The Kier molecular flexibility index (Phi) is 6.86. The molecule has 0 amide bonds. The van der Waals surface area contributed by atoms with Gasteiger partial charge in [0.05, 0.1) is 7.11 Å². The van der Waals surface area contributed by atoms with Gasteiger partial charge in [-0.3, -0.25) is 4.79 Å². The Morgan fingerprint density at radius 3 is 1.87 bits per heavy atom. The summed E-state index contributed by atoms with van der Waals surface area (Å²) >= 11 is 0. The monoisotopic (exact) mass is 404 g/mol. The van der Waals surface area contributed by atoms with E-state index in [0.29, 0.717) is 22.6 Å². The van der Waals surface area contributed by atoms with Gasteiger partial charge in [0, 0.05) is 11.1 Å². The first-order chi connectivity index (χ1) is 14.5. The van der Waals surface area contributed by atoms with E-state index in [4.69, 9.17) is 14.2 Å². The minimum atomic E-state index is -1.04. The maximum Gasteiger partial charge on any atom is 0.345 e. The normalized spacial score (nSPS) is 11.4. The molecule has 3 rings (SSSR count). The molecule has 0 aromatic heterocycles. The van der Waals surface area contributed by atoms with Crippen LogP contribution in [-0.2, 0) is 9.53 Å². The van der Waals surface area contributed by atoms with Crippen LogP contribution >= 0.6 is 0 Å². The molecule has 0 heterocycles. The summed E-state index contributed by atoms with van der Waals surface area (Å²) in [5.41, 5.74) is 3.19. The van der Waals surface area contributed by atoms with Crippen molar-refractivity contribution in [2.75, 3.05) is 13.7 Å². The molecule has 0 fully saturated rings. The van der Waals surface area contributed by atoms with Crippen LogP contribution < -0.4 is 9.47 Å². The van der Waals surface area contributed by atoms with E-state index in [2.05, 4.69) is 0 Å². The van der Waals surface area contributed by atoms with E-state index in [1.54, 1.807) is 55.6 Å². The Labute approximate surface area is 176 Å². The summed E-state index contributed by atoms with van der Waals surface area (Å²) < 4.78 is 16.1. The fourth-order valence-electron chi connectivity index (χ4n) is 2.86. The lowest BCUT2D eigenvalue weighted by molar-refractivity contribution is -0.149. The lowest BCUT2D eigenvalue weighted by Gasteiger charge is -2.18. The van der Waals surface area contributed by atoms with E-state index < -0.39 is 12.1 Å². The number of hydrogen-bond acceptors (Lipinski definition) is 5. The van der Waals surface area contributed by atoms with E-state index in [9.17, 15) is 9.59 Å². The number of rotatable bonds is 8. The van der Waals surface area contributed by atoms with Crippen molar-refractivity contribution in [1.82, 2.24) is 0 Å². The van der Waals surface area contributed by atoms with Crippen LogP contribution in [0.4, 0.5) is 0 Å². The summed E-state index contributed by atoms with van der Waals surface area (Å²) in [6, 6.07) is 21.4. The van der Waals surface area contributed by atoms with E-state index >= 15 is 0 Å². The topological polar surface area (TPSA) is 61.8 Å².